The molecule has 0 saturated carbocycles. The summed E-state index contributed by atoms with van der Waals surface area (Å²) in [5, 5.41) is 10.6. The first-order chi connectivity index (χ1) is 8.96. The van der Waals surface area contributed by atoms with Gasteiger partial charge in [-0.25, -0.2) is 9.89 Å². The van der Waals surface area contributed by atoms with Crippen LogP contribution in [0.1, 0.15) is 20.8 Å². The molecule has 7 heteroatoms. The van der Waals surface area contributed by atoms with Gasteiger partial charge in [0.2, 0.25) is 0 Å². The largest absolute Gasteiger partial charge is 0.364 e. The smallest absolute Gasteiger partial charge is 0.355 e. The predicted molar refractivity (Wildman–Crippen MR) is 74.3 cm³/mol. The highest BCUT2D eigenvalue weighted by Gasteiger charge is 2.20. The molecule has 7 nitrogen and oxygen atoms in total. The summed E-state index contributed by atoms with van der Waals surface area (Å²) >= 11 is 0. The highest BCUT2D eigenvalue weighted by atomic mass is 16.2. The van der Waals surface area contributed by atoms with E-state index in [1.807, 2.05) is 6.07 Å². The van der Waals surface area contributed by atoms with Crippen LogP contribution in [0, 0.1) is 5.41 Å². The highest BCUT2D eigenvalue weighted by molar-refractivity contribution is 5.45. The Morgan fingerprint density at radius 2 is 2.21 bits per heavy atom. The molecule has 0 atom stereocenters. The fraction of sp³-hybridized carbons (Fsp3) is 0.583. The van der Waals surface area contributed by atoms with Crippen molar-refractivity contribution in [3.05, 3.63) is 22.6 Å². The fourth-order valence-electron chi connectivity index (χ4n) is 1.90. The number of hydrogen-bond donors (Lipinski definition) is 2. The number of nitrogens with one attached hydrogen (secondary N) is 1. The van der Waals surface area contributed by atoms with Gasteiger partial charge < -0.3 is 10.6 Å². The van der Waals surface area contributed by atoms with Crippen molar-refractivity contribution in [1.82, 2.24) is 19.8 Å². The Balaban J connectivity index is 2.35. The molecule has 2 heterocycles. The summed E-state index contributed by atoms with van der Waals surface area (Å²) in [6.45, 7) is 8.45. The van der Waals surface area contributed by atoms with E-state index in [9.17, 15) is 4.79 Å². The molecule has 0 amide bonds. The lowest BCUT2D eigenvalue weighted by atomic mass is 9.93. The molecule has 3 N–H and O–H groups in total. The minimum atomic E-state index is -0.328. The van der Waals surface area contributed by atoms with Crippen molar-refractivity contribution >= 4 is 11.5 Å². The lowest BCUT2D eigenvalue weighted by Gasteiger charge is -2.31. The van der Waals surface area contributed by atoms with Gasteiger partial charge in [-0.1, -0.05) is 13.8 Å². The van der Waals surface area contributed by atoms with Crippen molar-refractivity contribution in [2.45, 2.75) is 20.8 Å². The van der Waals surface area contributed by atoms with Crippen molar-refractivity contribution in [3.63, 3.8) is 0 Å². The Bertz CT molecular complexity index is 614. The molecule has 19 heavy (non-hydrogen) atoms. The van der Waals surface area contributed by atoms with Gasteiger partial charge in [-0.15, -0.1) is 5.10 Å². The molecule has 2 aromatic rings. The zero-order valence-electron chi connectivity index (χ0n) is 11.6. The third-order valence-corrected chi connectivity index (χ3v) is 3.14. The molecular formula is C12H20N6O. The summed E-state index contributed by atoms with van der Waals surface area (Å²) in [5.74, 6) is 0.750. The molecule has 0 bridgehead atoms. The molecular weight excluding hydrogens is 244 g/mol. The maximum Gasteiger partial charge on any atom is 0.364 e. The second kappa shape index (κ2) is 5.00. The van der Waals surface area contributed by atoms with Gasteiger partial charge in [0.15, 0.2) is 5.65 Å². The summed E-state index contributed by atoms with van der Waals surface area (Å²) in [6.07, 6.45) is 0. The van der Waals surface area contributed by atoms with Crippen LogP contribution in [0.5, 0.6) is 0 Å². The Kier molecular flexibility index (Phi) is 3.57. The lowest BCUT2D eigenvalue weighted by molar-refractivity contribution is 0.378. The Hall–Kier alpha value is -1.89. The zero-order valence-corrected chi connectivity index (χ0v) is 11.6. The molecule has 2 rings (SSSR count). The van der Waals surface area contributed by atoms with Gasteiger partial charge in [0, 0.05) is 13.1 Å². The first-order valence-electron chi connectivity index (χ1n) is 6.36. The maximum absolute atomic E-state index is 11.5. The van der Waals surface area contributed by atoms with E-state index in [-0.39, 0.29) is 11.1 Å². The molecule has 0 fully saturated rings. The quantitative estimate of drug-likeness (QED) is 0.806. The second-order valence-corrected chi connectivity index (χ2v) is 5.37. The Morgan fingerprint density at radius 3 is 2.84 bits per heavy atom. The van der Waals surface area contributed by atoms with E-state index in [4.69, 9.17) is 5.73 Å². The average molecular weight is 264 g/mol. The first-order valence-corrected chi connectivity index (χ1v) is 6.36. The number of H-pyrrole nitrogens is 1. The third-order valence-electron chi connectivity index (χ3n) is 3.14. The zero-order chi connectivity index (χ0) is 14.0. The van der Waals surface area contributed by atoms with Crippen molar-refractivity contribution in [2.24, 2.45) is 11.1 Å². The van der Waals surface area contributed by atoms with E-state index in [1.54, 1.807) is 6.07 Å². The number of hydrogen-bond acceptors (Lipinski definition) is 5. The average Bonchev–Trinajstić information content (AvgIpc) is 2.77. The lowest BCUT2D eigenvalue weighted by Crippen LogP contribution is -2.39. The van der Waals surface area contributed by atoms with Gasteiger partial charge in [-0.3, -0.25) is 0 Å². The monoisotopic (exact) mass is 264 g/mol. The number of fused-ring (bicyclic) bond motifs is 1. The summed E-state index contributed by atoms with van der Waals surface area (Å²) in [7, 11) is 0. The van der Waals surface area contributed by atoms with Gasteiger partial charge in [0.1, 0.15) is 5.82 Å². The van der Waals surface area contributed by atoms with Gasteiger partial charge >= 0.3 is 5.69 Å². The van der Waals surface area contributed by atoms with Crippen LogP contribution in [0.3, 0.4) is 0 Å². The first kappa shape index (κ1) is 13.5. The molecule has 0 radical (unpaired) electrons. The summed E-state index contributed by atoms with van der Waals surface area (Å²) in [5.41, 5.74) is 5.95. The van der Waals surface area contributed by atoms with Gasteiger partial charge in [0.05, 0.1) is 0 Å². The van der Waals surface area contributed by atoms with Crippen LogP contribution in [0.2, 0.25) is 0 Å². The topological polar surface area (TPSA) is 92.3 Å². The van der Waals surface area contributed by atoms with Gasteiger partial charge in [0.25, 0.3) is 0 Å². The number of nitrogens with zero attached hydrogens (tertiary/aromatic N) is 4. The van der Waals surface area contributed by atoms with E-state index in [2.05, 4.69) is 41.0 Å². The second-order valence-electron chi connectivity index (χ2n) is 5.37. The highest BCUT2D eigenvalue weighted by Crippen LogP contribution is 2.19. The van der Waals surface area contributed by atoms with Crippen LogP contribution in [-0.2, 0) is 0 Å². The molecule has 0 aliphatic rings. The van der Waals surface area contributed by atoms with Gasteiger partial charge in [-0.2, -0.15) is 9.61 Å². The maximum atomic E-state index is 11.5. The van der Waals surface area contributed by atoms with Crippen molar-refractivity contribution in [1.29, 1.82) is 0 Å². The number of rotatable bonds is 5. The van der Waals surface area contributed by atoms with Crippen LogP contribution < -0.4 is 16.3 Å². The van der Waals surface area contributed by atoms with Crippen LogP contribution in [0.15, 0.2) is 16.9 Å². The normalized spacial score (nSPS) is 12.0. The number of anilines is 1. The van der Waals surface area contributed by atoms with Crippen LogP contribution >= 0.6 is 0 Å². The summed E-state index contributed by atoms with van der Waals surface area (Å²) < 4.78 is 1.27. The van der Waals surface area contributed by atoms with Crippen LogP contribution in [-0.4, -0.2) is 39.4 Å². The summed E-state index contributed by atoms with van der Waals surface area (Å²) in [4.78, 5) is 13.6. The number of aromatic nitrogens is 4. The summed E-state index contributed by atoms with van der Waals surface area (Å²) in [6, 6.07) is 3.64. The van der Waals surface area contributed by atoms with Crippen LogP contribution in [0.25, 0.3) is 5.65 Å². The predicted octanol–water partition coefficient (Wildman–Crippen LogP) is 0.229. The van der Waals surface area contributed by atoms with E-state index in [1.165, 1.54) is 4.52 Å². The molecule has 0 aromatic carbocycles. The minimum absolute atomic E-state index is 0.00595. The molecule has 0 aliphatic heterocycles. The molecule has 0 spiro atoms. The van der Waals surface area contributed by atoms with Crippen LogP contribution in [0.4, 0.5) is 5.82 Å². The van der Waals surface area contributed by atoms with E-state index >= 15 is 0 Å². The van der Waals surface area contributed by atoms with Gasteiger partial charge in [-0.05, 0) is 31.0 Å². The molecule has 0 aliphatic carbocycles. The molecule has 2 aromatic heterocycles. The van der Waals surface area contributed by atoms with Crippen molar-refractivity contribution < 1.29 is 0 Å². The number of nitrogens with two attached hydrogens (primary N) is 1. The SMILES string of the molecule is CCN(CC(C)(C)CN)c1ccc2n[nH]c(=O)n2n1. The third kappa shape index (κ3) is 2.76. The molecule has 0 saturated heterocycles. The van der Waals surface area contributed by atoms with E-state index < -0.39 is 0 Å². The minimum Gasteiger partial charge on any atom is -0.355 e. The Morgan fingerprint density at radius 1 is 1.47 bits per heavy atom. The van der Waals surface area contributed by atoms with E-state index in [0.29, 0.717) is 12.2 Å². The Labute approximate surface area is 111 Å². The fourth-order valence-corrected chi connectivity index (χ4v) is 1.90. The van der Waals surface area contributed by atoms with Crippen molar-refractivity contribution in [2.75, 3.05) is 24.5 Å². The standard InChI is InChI=1S/C12H20N6O/c1-4-17(8-12(2,3)7-13)10-6-5-9-14-15-11(19)18(9)16-10/h5-6H,4,7-8,13H2,1-3H3,(H,15,19). The number of aromatic amines is 1. The molecule has 104 valence electrons. The molecule has 0 unspecified atom stereocenters. The van der Waals surface area contributed by atoms with E-state index in [0.717, 1.165) is 18.9 Å². The van der Waals surface area contributed by atoms with Crippen molar-refractivity contribution in [3.8, 4) is 0 Å².